The molecule has 0 saturated heterocycles. The maximum Gasteiger partial charge on any atom is 0.271 e. The first kappa shape index (κ1) is 28.8. The lowest BCUT2D eigenvalue weighted by atomic mass is 9.74. The van der Waals surface area contributed by atoms with Crippen LogP contribution >= 0.6 is 11.6 Å². The fourth-order valence-electron chi connectivity index (χ4n) is 5.76. The van der Waals surface area contributed by atoms with E-state index >= 15 is 0 Å². The van der Waals surface area contributed by atoms with E-state index in [-0.39, 0.29) is 34.5 Å². The molecule has 10 heteroatoms. The fraction of sp³-hybridized carbons (Fsp3) is 0.250. The van der Waals surface area contributed by atoms with Crippen LogP contribution in [0.25, 0.3) is 0 Å². The first-order valence-electron chi connectivity index (χ1n) is 13.4. The topological polar surface area (TPSA) is 122 Å². The second-order valence-electron chi connectivity index (χ2n) is 10.5. The zero-order valence-electron chi connectivity index (χ0n) is 23.3. The van der Waals surface area contributed by atoms with Gasteiger partial charge in [0.1, 0.15) is 24.0 Å². The van der Waals surface area contributed by atoms with Gasteiger partial charge in [0.05, 0.1) is 33.2 Å². The van der Waals surface area contributed by atoms with Crippen LogP contribution in [0, 0.1) is 48.0 Å². The number of hydrogen-bond donors (Lipinski definition) is 1. The number of ketones is 1. The highest BCUT2D eigenvalue weighted by Gasteiger charge is 2.41. The summed E-state index contributed by atoms with van der Waals surface area (Å²) in [5.41, 5.74) is 12.4. The lowest BCUT2D eigenvalue weighted by molar-refractivity contribution is -0.384. The van der Waals surface area contributed by atoms with Crippen molar-refractivity contribution in [1.82, 2.24) is 0 Å². The Hall–Kier alpha value is -4.68. The van der Waals surface area contributed by atoms with Crippen molar-refractivity contribution in [3.8, 4) is 11.8 Å². The third-order valence-electron chi connectivity index (χ3n) is 7.87. The van der Waals surface area contributed by atoms with E-state index in [2.05, 4.69) is 6.07 Å². The minimum absolute atomic E-state index is 0.0922. The molecule has 214 valence electrons. The standard InChI is InChI=1S/C32H28ClFN4O4/c1-17-7-9-22(38(40)41)14-27(17)37-26-5-4-6-28(39)31(26)30(24(15-35)32(37)36)23-12-20(18(2)11-19(23)3)16-42-29-10-8-21(34)13-25(29)33/h7-14,30H,4-6,16,36H2,1-3H3. The summed E-state index contributed by atoms with van der Waals surface area (Å²) in [7, 11) is 0. The van der Waals surface area contributed by atoms with Gasteiger partial charge in [0.25, 0.3) is 5.69 Å². The quantitative estimate of drug-likeness (QED) is 0.239. The maximum absolute atomic E-state index is 13.6. The van der Waals surface area contributed by atoms with Crippen LogP contribution in [0.15, 0.2) is 71.2 Å². The molecule has 1 heterocycles. The Kier molecular flexibility index (Phi) is 7.76. The predicted molar refractivity (Wildman–Crippen MR) is 157 cm³/mol. The van der Waals surface area contributed by atoms with Crippen LogP contribution in [0.2, 0.25) is 5.02 Å². The van der Waals surface area contributed by atoms with Crippen molar-refractivity contribution in [2.75, 3.05) is 4.90 Å². The summed E-state index contributed by atoms with van der Waals surface area (Å²) in [6.45, 7) is 5.77. The molecule has 0 saturated carbocycles. The number of non-ortho nitro benzene ring substituents is 1. The van der Waals surface area contributed by atoms with Crippen LogP contribution < -0.4 is 15.4 Å². The summed E-state index contributed by atoms with van der Waals surface area (Å²) in [4.78, 5) is 26.4. The summed E-state index contributed by atoms with van der Waals surface area (Å²) in [5.74, 6) is -0.820. The van der Waals surface area contributed by atoms with E-state index in [0.29, 0.717) is 42.0 Å². The third-order valence-corrected chi connectivity index (χ3v) is 8.17. The number of anilines is 1. The van der Waals surface area contributed by atoms with E-state index in [1.807, 2.05) is 26.0 Å². The zero-order valence-corrected chi connectivity index (χ0v) is 24.1. The van der Waals surface area contributed by atoms with Crippen LogP contribution in [-0.2, 0) is 11.4 Å². The van der Waals surface area contributed by atoms with Gasteiger partial charge >= 0.3 is 0 Å². The minimum Gasteiger partial charge on any atom is -0.487 e. The largest absolute Gasteiger partial charge is 0.487 e. The Morgan fingerprint density at radius 2 is 1.88 bits per heavy atom. The number of aryl methyl sites for hydroxylation is 3. The summed E-state index contributed by atoms with van der Waals surface area (Å²) in [5, 5.41) is 22.2. The number of nitriles is 1. The fourth-order valence-corrected chi connectivity index (χ4v) is 5.98. The van der Waals surface area contributed by atoms with Crippen LogP contribution in [0.3, 0.4) is 0 Å². The number of benzene rings is 3. The number of nitrogens with zero attached hydrogens (tertiary/aromatic N) is 3. The van der Waals surface area contributed by atoms with Gasteiger partial charge in [-0.15, -0.1) is 0 Å². The Morgan fingerprint density at radius 1 is 1.12 bits per heavy atom. The minimum atomic E-state index is -0.721. The molecule has 1 aliphatic carbocycles. The van der Waals surface area contributed by atoms with Crippen LogP contribution in [0.1, 0.15) is 53.0 Å². The van der Waals surface area contributed by atoms with Crippen molar-refractivity contribution < 1.29 is 18.8 Å². The molecule has 0 aromatic heterocycles. The number of Topliss-reactive ketones (excluding diaryl/α,β-unsaturated/α-hetero) is 1. The summed E-state index contributed by atoms with van der Waals surface area (Å²) in [6, 6.07) is 14.5. The molecule has 0 spiro atoms. The molecule has 0 fully saturated rings. The lowest BCUT2D eigenvalue weighted by Gasteiger charge is -2.40. The summed E-state index contributed by atoms with van der Waals surface area (Å²) >= 11 is 6.16. The van der Waals surface area contributed by atoms with Gasteiger partial charge in [-0.1, -0.05) is 29.8 Å². The van der Waals surface area contributed by atoms with E-state index in [1.54, 1.807) is 17.9 Å². The molecule has 42 heavy (non-hydrogen) atoms. The second kappa shape index (κ2) is 11.3. The number of ether oxygens (including phenoxy) is 1. The van der Waals surface area contributed by atoms with Gasteiger partial charge in [0.15, 0.2) is 5.78 Å². The van der Waals surface area contributed by atoms with Gasteiger partial charge in [0, 0.05) is 29.8 Å². The van der Waals surface area contributed by atoms with Crippen molar-refractivity contribution in [3.63, 3.8) is 0 Å². The maximum atomic E-state index is 13.6. The molecule has 2 N–H and O–H groups in total. The first-order valence-corrected chi connectivity index (χ1v) is 13.8. The molecular weight excluding hydrogens is 559 g/mol. The van der Waals surface area contributed by atoms with Gasteiger partial charge < -0.3 is 10.5 Å². The normalized spacial score (nSPS) is 16.8. The number of carbonyl (C=O) groups is 1. The average Bonchev–Trinajstić information content (AvgIpc) is 2.93. The van der Waals surface area contributed by atoms with E-state index in [1.165, 1.54) is 30.3 Å². The summed E-state index contributed by atoms with van der Waals surface area (Å²) < 4.78 is 19.4. The number of nitro benzene ring substituents is 1. The molecule has 0 radical (unpaired) electrons. The first-order chi connectivity index (χ1) is 20.0. The smallest absolute Gasteiger partial charge is 0.271 e. The highest BCUT2D eigenvalue weighted by molar-refractivity contribution is 6.32. The van der Waals surface area contributed by atoms with Crippen LogP contribution in [-0.4, -0.2) is 10.7 Å². The predicted octanol–water partition coefficient (Wildman–Crippen LogP) is 7.20. The van der Waals surface area contributed by atoms with Gasteiger partial charge in [-0.05, 0) is 79.6 Å². The molecule has 2 aliphatic rings. The van der Waals surface area contributed by atoms with Gasteiger partial charge in [0.2, 0.25) is 0 Å². The highest BCUT2D eigenvalue weighted by Crippen LogP contribution is 2.48. The van der Waals surface area contributed by atoms with E-state index in [0.717, 1.165) is 27.8 Å². The Morgan fingerprint density at radius 3 is 2.57 bits per heavy atom. The third kappa shape index (κ3) is 5.10. The molecule has 3 aromatic carbocycles. The number of carbonyl (C=O) groups excluding carboxylic acids is 1. The van der Waals surface area contributed by atoms with Crippen molar-refractivity contribution in [3.05, 3.63) is 120 Å². The number of halogens is 2. The Labute approximate surface area is 247 Å². The molecule has 1 aliphatic heterocycles. The highest BCUT2D eigenvalue weighted by atomic mass is 35.5. The molecule has 0 amide bonds. The lowest BCUT2D eigenvalue weighted by Crippen LogP contribution is -2.39. The van der Waals surface area contributed by atoms with Crippen molar-refractivity contribution >= 4 is 28.8 Å². The molecular formula is C32H28ClFN4O4. The van der Waals surface area contributed by atoms with Crippen molar-refractivity contribution in [1.29, 1.82) is 5.26 Å². The molecule has 1 atom stereocenters. The number of hydrogen-bond acceptors (Lipinski definition) is 7. The van der Waals surface area contributed by atoms with Gasteiger partial charge in [-0.2, -0.15) is 5.26 Å². The van der Waals surface area contributed by atoms with E-state index < -0.39 is 16.7 Å². The molecule has 1 unspecified atom stereocenters. The molecule has 8 nitrogen and oxygen atoms in total. The number of nitrogens with two attached hydrogens (primary N) is 1. The molecule has 5 rings (SSSR count). The Bertz CT molecular complexity index is 1760. The second-order valence-corrected chi connectivity index (χ2v) is 11.0. The monoisotopic (exact) mass is 586 g/mol. The van der Waals surface area contributed by atoms with Crippen LogP contribution in [0.5, 0.6) is 5.75 Å². The van der Waals surface area contributed by atoms with Crippen molar-refractivity contribution in [2.45, 2.75) is 52.6 Å². The molecule has 3 aromatic rings. The zero-order chi connectivity index (χ0) is 30.3. The van der Waals surface area contributed by atoms with E-state index in [4.69, 9.17) is 22.1 Å². The Balaban J connectivity index is 1.65. The van der Waals surface area contributed by atoms with Crippen LogP contribution in [0.4, 0.5) is 15.8 Å². The SMILES string of the molecule is Cc1cc(C)c(C2C(C#N)=C(N)N(c3cc([N+](=O)[O-])ccc3C)C3=C2C(=O)CCC3)cc1COc1ccc(F)cc1Cl. The van der Waals surface area contributed by atoms with Crippen molar-refractivity contribution in [2.24, 2.45) is 5.73 Å². The summed E-state index contributed by atoms with van der Waals surface area (Å²) in [6.07, 6.45) is 1.43. The number of rotatable bonds is 6. The van der Waals surface area contributed by atoms with Gasteiger partial charge in [-0.3, -0.25) is 19.8 Å². The number of nitro groups is 1. The van der Waals surface area contributed by atoms with Gasteiger partial charge in [-0.25, -0.2) is 4.39 Å². The van der Waals surface area contributed by atoms with E-state index in [9.17, 15) is 24.6 Å². The number of allylic oxidation sites excluding steroid dienone is 3. The molecule has 0 bridgehead atoms. The average molecular weight is 587 g/mol.